The number of rotatable bonds is 5. The quantitative estimate of drug-likeness (QED) is 0.821. The highest BCUT2D eigenvalue weighted by Crippen LogP contribution is 2.25. The first-order valence-electron chi connectivity index (χ1n) is 8.20. The summed E-state index contributed by atoms with van der Waals surface area (Å²) in [6, 6.07) is 5.09. The second-order valence-corrected chi connectivity index (χ2v) is 7.11. The number of benzene rings is 1. The van der Waals surface area contributed by atoms with Crippen LogP contribution in [0.5, 0.6) is 11.5 Å². The topological polar surface area (TPSA) is 62.0 Å². The lowest BCUT2D eigenvalue weighted by Crippen LogP contribution is -2.23. The van der Waals surface area contributed by atoms with Crippen LogP contribution in [0, 0.1) is 6.92 Å². The molecule has 0 aliphatic carbocycles. The summed E-state index contributed by atoms with van der Waals surface area (Å²) in [4.78, 5) is 18.8. The fourth-order valence-corrected chi connectivity index (χ4v) is 3.69. The van der Waals surface area contributed by atoms with Gasteiger partial charge in [0.1, 0.15) is 11.5 Å². The van der Waals surface area contributed by atoms with Crippen molar-refractivity contribution >= 4 is 17.2 Å². The van der Waals surface area contributed by atoms with Gasteiger partial charge in [-0.05, 0) is 31.9 Å². The average Bonchev–Trinajstić information content (AvgIpc) is 3.24. The van der Waals surface area contributed by atoms with Gasteiger partial charge in [0.2, 0.25) is 0 Å². The van der Waals surface area contributed by atoms with Gasteiger partial charge < -0.3 is 18.8 Å². The molecule has 1 atom stereocenters. The van der Waals surface area contributed by atoms with E-state index >= 15 is 0 Å². The second kappa shape index (κ2) is 7.84. The van der Waals surface area contributed by atoms with Gasteiger partial charge in [-0.3, -0.25) is 4.79 Å². The zero-order chi connectivity index (χ0) is 17.8. The Kier molecular flexibility index (Phi) is 5.55. The summed E-state index contributed by atoms with van der Waals surface area (Å²) in [5.74, 6) is 0.753. The molecular weight excluding hydrogens is 340 g/mol. The van der Waals surface area contributed by atoms with Crippen molar-refractivity contribution in [2.24, 2.45) is 4.99 Å². The molecule has 0 bridgehead atoms. The van der Waals surface area contributed by atoms with Crippen LogP contribution >= 0.6 is 11.3 Å². The summed E-state index contributed by atoms with van der Waals surface area (Å²) in [5.41, 5.74) is 0.415. The molecule has 2 heterocycles. The molecule has 1 fully saturated rings. The molecule has 1 aromatic carbocycles. The molecule has 1 aromatic heterocycles. The smallest absolute Gasteiger partial charge is 0.283 e. The monoisotopic (exact) mass is 362 g/mol. The molecular formula is C18H22N2O4S. The Bertz CT molecular complexity index is 819. The molecule has 0 radical (unpaired) electrons. The fourth-order valence-electron chi connectivity index (χ4n) is 2.85. The number of nitrogens with zero attached hydrogens (tertiary/aromatic N) is 2. The Morgan fingerprint density at radius 2 is 2.24 bits per heavy atom. The summed E-state index contributed by atoms with van der Waals surface area (Å²) in [7, 11) is 3.10. The SMILES string of the molecule is COc1ccc(C(=O)/N=c2\sc(C)cn2CC2CCCO2)c(OC)c1. The van der Waals surface area contributed by atoms with E-state index in [4.69, 9.17) is 14.2 Å². The largest absolute Gasteiger partial charge is 0.497 e. The fraction of sp³-hybridized carbons (Fsp3) is 0.444. The van der Waals surface area contributed by atoms with Crippen LogP contribution in [0.2, 0.25) is 0 Å². The van der Waals surface area contributed by atoms with Crippen molar-refractivity contribution in [3.05, 3.63) is 39.6 Å². The minimum absolute atomic E-state index is 0.193. The highest BCUT2D eigenvalue weighted by molar-refractivity contribution is 7.09. The van der Waals surface area contributed by atoms with Crippen LogP contribution in [0.25, 0.3) is 0 Å². The third-order valence-corrected chi connectivity index (χ3v) is 5.03. The first-order chi connectivity index (χ1) is 12.1. The summed E-state index contributed by atoms with van der Waals surface area (Å²) < 4.78 is 18.2. The minimum Gasteiger partial charge on any atom is -0.497 e. The number of thiazole rings is 1. The van der Waals surface area contributed by atoms with E-state index in [1.54, 1.807) is 25.3 Å². The van der Waals surface area contributed by atoms with Gasteiger partial charge in [-0.25, -0.2) is 0 Å². The Morgan fingerprint density at radius 3 is 2.92 bits per heavy atom. The lowest BCUT2D eigenvalue weighted by molar-refractivity contribution is 0.0949. The molecule has 0 N–H and O–H groups in total. The van der Waals surface area contributed by atoms with Gasteiger partial charge in [0, 0.05) is 23.7 Å². The number of ether oxygens (including phenoxy) is 3. The Balaban J connectivity index is 1.91. The zero-order valence-corrected chi connectivity index (χ0v) is 15.5. The van der Waals surface area contributed by atoms with Crippen LogP contribution < -0.4 is 14.3 Å². The van der Waals surface area contributed by atoms with E-state index in [0.29, 0.717) is 21.9 Å². The summed E-state index contributed by atoms with van der Waals surface area (Å²) in [5, 5.41) is 0. The zero-order valence-electron chi connectivity index (χ0n) is 14.7. The van der Waals surface area contributed by atoms with E-state index in [-0.39, 0.29) is 12.0 Å². The number of amides is 1. The van der Waals surface area contributed by atoms with Gasteiger partial charge in [-0.15, -0.1) is 11.3 Å². The van der Waals surface area contributed by atoms with E-state index in [1.165, 1.54) is 18.4 Å². The van der Waals surface area contributed by atoms with Gasteiger partial charge in [-0.2, -0.15) is 4.99 Å². The molecule has 0 spiro atoms. The highest BCUT2D eigenvalue weighted by atomic mass is 32.1. The van der Waals surface area contributed by atoms with E-state index in [0.717, 1.165) is 30.9 Å². The predicted molar refractivity (Wildman–Crippen MR) is 95.5 cm³/mol. The third kappa shape index (κ3) is 4.11. The van der Waals surface area contributed by atoms with Crippen LogP contribution in [-0.2, 0) is 11.3 Å². The average molecular weight is 362 g/mol. The molecule has 2 aromatic rings. The molecule has 1 amide bonds. The number of aryl methyl sites for hydroxylation is 1. The molecule has 1 saturated heterocycles. The van der Waals surface area contributed by atoms with Crippen molar-refractivity contribution in [3.8, 4) is 11.5 Å². The number of carbonyl (C=O) groups is 1. The summed E-state index contributed by atoms with van der Waals surface area (Å²) >= 11 is 1.50. The molecule has 25 heavy (non-hydrogen) atoms. The maximum atomic E-state index is 12.7. The Labute approximate surface area is 150 Å². The Morgan fingerprint density at radius 1 is 1.40 bits per heavy atom. The van der Waals surface area contributed by atoms with Crippen molar-refractivity contribution in [2.45, 2.75) is 32.4 Å². The van der Waals surface area contributed by atoms with Crippen LogP contribution in [-0.4, -0.2) is 37.4 Å². The molecule has 134 valence electrons. The number of carbonyl (C=O) groups excluding carboxylic acids is 1. The van der Waals surface area contributed by atoms with Crippen LogP contribution in [0.1, 0.15) is 28.1 Å². The van der Waals surface area contributed by atoms with Crippen molar-refractivity contribution in [1.82, 2.24) is 4.57 Å². The standard InChI is InChI=1S/C18H22N2O4S/c1-12-10-20(11-14-5-4-8-24-14)18(25-12)19-17(21)15-7-6-13(22-2)9-16(15)23-3/h6-7,9-10,14H,4-5,8,11H2,1-3H3/b19-18-. The molecule has 1 unspecified atom stereocenters. The number of hydrogen-bond donors (Lipinski definition) is 0. The highest BCUT2D eigenvalue weighted by Gasteiger charge is 2.18. The normalized spacial score (nSPS) is 17.7. The van der Waals surface area contributed by atoms with Gasteiger partial charge in [-0.1, -0.05) is 0 Å². The molecule has 3 rings (SSSR count). The Hall–Kier alpha value is -2.12. The predicted octanol–water partition coefficient (Wildman–Crippen LogP) is 2.80. The van der Waals surface area contributed by atoms with Crippen molar-refractivity contribution in [3.63, 3.8) is 0 Å². The maximum Gasteiger partial charge on any atom is 0.283 e. The van der Waals surface area contributed by atoms with Crippen LogP contribution in [0.15, 0.2) is 29.4 Å². The van der Waals surface area contributed by atoms with Gasteiger partial charge in [0.15, 0.2) is 4.80 Å². The van der Waals surface area contributed by atoms with E-state index < -0.39 is 0 Å². The number of hydrogen-bond acceptors (Lipinski definition) is 5. The van der Waals surface area contributed by atoms with Crippen molar-refractivity contribution in [1.29, 1.82) is 0 Å². The number of methoxy groups -OCH3 is 2. The van der Waals surface area contributed by atoms with E-state index in [9.17, 15) is 4.79 Å². The summed E-state index contributed by atoms with van der Waals surface area (Å²) in [6.07, 6.45) is 4.34. The first-order valence-corrected chi connectivity index (χ1v) is 9.02. The number of aromatic nitrogens is 1. The first kappa shape index (κ1) is 17.7. The molecule has 6 nitrogen and oxygen atoms in total. The third-order valence-electron chi connectivity index (χ3n) is 4.10. The lowest BCUT2D eigenvalue weighted by Gasteiger charge is -2.10. The van der Waals surface area contributed by atoms with E-state index in [2.05, 4.69) is 4.99 Å². The molecule has 1 aliphatic rings. The van der Waals surface area contributed by atoms with Crippen LogP contribution in [0.4, 0.5) is 0 Å². The lowest BCUT2D eigenvalue weighted by atomic mass is 10.2. The van der Waals surface area contributed by atoms with Gasteiger partial charge in [0.25, 0.3) is 5.91 Å². The second-order valence-electron chi connectivity index (χ2n) is 5.89. The van der Waals surface area contributed by atoms with Crippen molar-refractivity contribution in [2.75, 3.05) is 20.8 Å². The van der Waals surface area contributed by atoms with E-state index in [1.807, 2.05) is 17.7 Å². The summed E-state index contributed by atoms with van der Waals surface area (Å²) in [6.45, 7) is 3.53. The molecule has 0 saturated carbocycles. The minimum atomic E-state index is -0.331. The molecule has 1 aliphatic heterocycles. The van der Waals surface area contributed by atoms with Crippen LogP contribution in [0.3, 0.4) is 0 Å². The van der Waals surface area contributed by atoms with Gasteiger partial charge in [0.05, 0.1) is 32.4 Å². The van der Waals surface area contributed by atoms with Crippen molar-refractivity contribution < 1.29 is 19.0 Å². The maximum absolute atomic E-state index is 12.7. The van der Waals surface area contributed by atoms with Gasteiger partial charge >= 0.3 is 0 Å². The molecule has 7 heteroatoms.